The molecule has 0 aromatic carbocycles. The lowest BCUT2D eigenvalue weighted by Gasteiger charge is -2.31. The number of likely N-dealkylation sites (tertiary alicyclic amines) is 1. The number of pyridine rings is 1. The van der Waals surface area contributed by atoms with E-state index >= 15 is 0 Å². The Labute approximate surface area is 135 Å². The number of aromatic nitrogens is 3. The first-order valence-corrected chi connectivity index (χ1v) is 8.16. The maximum atomic E-state index is 12.4. The summed E-state index contributed by atoms with van der Waals surface area (Å²) >= 11 is 0. The van der Waals surface area contributed by atoms with Crippen molar-refractivity contribution in [2.45, 2.75) is 39.0 Å². The SMILES string of the molecule is CC(C)c1noc(CC2CCN(C(=O)c3ccccn3)CC2)n1. The predicted octanol–water partition coefficient (Wildman–Crippen LogP) is 2.68. The lowest BCUT2D eigenvalue weighted by Crippen LogP contribution is -2.39. The number of piperidine rings is 1. The van der Waals surface area contributed by atoms with Gasteiger partial charge in [0.25, 0.3) is 5.91 Å². The van der Waals surface area contributed by atoms with E-state index in [1.165, 1.54) is 0 Å². The third-order valence-electron chi connectivity index (χ3n) is 4.25. The van der Waals surface area contributed by atoms with Gasteiger partial charge in [0.15, 0.2) is 5.82 Å². The molecule has 0 N–H and O–H groups in total. The molecular weight excluding hydrogens is 292 g/mol. The highest BCUT2D eigenvalue weighted by atomic mass is 16.5. The average molecular weight is 314 g/mol. The van der Waals surface area contributed by atoms with E-state index < -0.39 is 0 Å². The summed E-state index contributed by atoms with van der Waals surface area (Å²) < 4.78 is 5.32. The first-order valence-electron chi connectivity index (χ1n) is 8.16. The van der Waals surface area contributed by atoms with E-state index in [2.05, 4.69) is 29.0 Å². The van der Waals surface area contributed by atoms with E-state index in [1.807, 2.05) is 17.0 Å². The van der Waals surface area contributed by atoms with Crippen molar-refractivity contribution < 1.29 is 9.32 Å². The molecule has 6 nitrogen and oxygen atoms in total. The number of nitrogens with zero attached hydrogens (tertiary/aromatic N) is 4. The van der Waals surface area contributed by atoms with Crippen LogP contribution in [0.1, 0.15) is 54.8 Å². The van der Waals surface area contributed by atoms with Gasteiger partial charge in [-0.15, -0.1) is 0 Å². The highest BCUT2D eigenvalue weighted by molar-refractivity contribution is 5.92. The third-order valence-corrected chi connectivity index (χ3v) is 4.25. The van der Waals surface area contributed by atoms with Gasteiger partial charge in [0.2, 0.25) is 5.89 Å². The fraction of sp³-hybridized carbons (Fsp3) is 0.529. The van der Waals surface area contributed by atoms with Gasteiger partial charge in [0.1, 0.15) is 5.69 Å². The summed E-state index contributed by atoms with van der Waals surface area (Å²) in [4.78, 5) is 22.8. The van der Waals surface area contributed by atoms with Gasteiger partial charge in [-0.3, -0.25) is 9.78 Å². The minimum absolute atomic E-state index is 0.0175. The second-order valence-electron chi connectivity index (χ2n) is 6.36. The van der Waals surface area contributed by atoms with Crippen molar-refractivity contribution >= 4 is 5.91 Å². The number of hydrogen-bond donors (Lipinski definition) is 0. The molecule has 1 aliphatic rings. The summed E-state index contributed by atoms with van der Waals surface area (Å²) in [5.74, 6) is 2.27. The van der Waals surface area contributed by atoms with Crippen molar-refractivity contribution in [1.29, 1.82) is 0 Å². The van der Waals surface area contributed by atoms with Crippen LogP contribution < -0.4 is 0 Å². The molecule has 0 spiro atoms. The molecule has 0 bridgehead atoms. The Morgan fingerprint density at radius 3 is 2.74 bits per heavy atom. The van der Waals surface area contributed by atoms with E-state index in [-0.39, 0.29) is 11.8 Å². The Morgan fingerprint density at radius 1 is 1.35 bits per heavy atom. The van der Waals surface area contributed by atoms with Gasteiger partial charge in [-0.1, -0.05) is 25.1 Å². The summed E-state index contributed by atoms with van der Waals surface area (Å²) in [6.07, 6.45) is 4.36. The van der Waals surface area contributed by atoms with Crippen molar-refractivity contribution in [2.75, 3.05) is 13.1 Å². The molecule has 0 saturated carbocycles. The second kappa shape index (κ2) is 6.89. The Bertz CT molecular complexity index is 646. The van der Waals surface area contributed by atoms with Gasteiger partial charge in [-0.2, -0.15) is 4.98 Å². The lowest BCUT2D eigenvalue weighted by molar-refractivity contribution is 0.0681. The highest BCUT2D eigenvalue weighted by Crippen LogP contribution is 2.22. The van der Waals surface area contributed by atoms with Crippen LogP contribution >= 0.6 is 0 Å². The molecule has 23 heavy (non-hydrogen) atoms. The van der Waals surface area contributed by atoms with Crippen LogP contribution in [-0.4, -0.2) is 39.0 Å². The van der Waals surface area contributed by atoms with Crippen LogP contribution in [-0.2, 0) is 6.42 Å². The number of amides is 1. The van der Waals surface area contributed by atoms with E-state index in [0.717, 1.165) is 38.2 Å². The Balaban J connectivity index is 1.53. The average Bonchev–Trinajstić information content (AvgIpc) is 3.04. The molecule has 1 fully saturated rings. The molecule has 0 radical (unpaired) electrons. The first kappa shape index (κ1) is 15.6. The lowest BCUT2D eigenvalue weighted by atomic mass is 9.93. The van der Waals surface area contributed by atoms with E-state index in [0.29, 0.717) is 17.5 Å². The molecule has 3 rings (SSSR count). The monoisotopic (exact) mass is 314 g/mol. The zero-order valence-electron chi connectivity index (χ0n) is 13.6. The minimum atomic E-state index is 0.0175. The van der Waals surface area contributed by atoms with Crippen LogP contribution in [0, 0.1) is 5.92 Å². The van der Waals surface area contributed by atoms with Gasteiger partial charge < -0.3 is 9.42 Å². The Morgan fingerprint density at radius 2 is 2.13 bits per heavy atom. The maximum absolute atomic E-state index is 12.4. The predicted molar refractivity (Wildman–Crippen MR) is 85.0 cm³/mol. The van der Waals surface area contributed by atoms with Crippen LogP contribution in [0.5, 0.6) is 0 Å². The van der Waals surface area contributed by atoms with Crippen LogP contribution in [0.4, 0.5) is 0 Å². The molecule has 0 aliphatic carbocycles. The van der Waals surface area contributed by atoms with Crippen LogP contribution in [0.2, 0.25) is 0 Å². The summed E-state index contributed by atoms with van der Waals surface area (Å²) in [6.45, 7) is 5.61. The van der Waals surface area contributed by atoms with Gasteiger partial charge in [-0.25, -0.2) is 0 Å². The number of rotatable bonds is 4. The second-order valence-corrected chi connectivity index (χ2v) is 6.36. The van der Waals surface area contributed by atoms with Gasteiger partial charge in [0.05, 0.1) is 0 Å². The van der Waals surface area contributed by atoms with E-state index in [1.54, 1.807) is 12.3 Å². The molecule has 2 aromatic rings. The molecule has 1 saturated heterocycles. The summed E-state index contributed by atoms with van der Waals surface area (Å²) in [5.41, 5.74) is 0.518. The number of carbonyl (C=O) groups is 1. The minimum Gasteiger partial charge on any atom is -0.339 e. The Kier molecular flexibility index (Phi) is 4.69. The normalized spacial score (nSPS) is 16.0. The molecule has 0 atom stereocenters. The fourth-order valence-electron chi connectivity index (χ4n) is 2.82. The molecule has 1 aliphatic heterocycles. The van der Waals surface area contributed by atoms with Crippen molar-refractivity contribution in [3.8, 4) is 0 Å². The zero-order valence-corrected chi connectivity index (χ0v) is 13.6. The topological polar surface area (TPSA) is 72.1 Å². The highest BCUT2D eigenvalue weighted by Gasteiger charge is 2.25. The summed E-state index contributed by atoms with van der Waals surface area (Å²) in [6, 6.07) is 5.42. The van der Waals surface area contributed by atoms with E-state index in [9.17, 15) is 4.79 Å². The van der Waals surface area contributed by atoms with Crippen LogP contribution in [0.25, 0.3) is 0 Å². The smallest absolute Gasteiger partial charge is 0.272 e. The fourth-order valence-corrected chi connectivity index (χ4v) is 2.82. The van der Waals surface area contributed by atoms with Gasteiger partial charge >= 0.3 is 0 Å². The van der Waals surface area contributed by atoms with Crippen LogP contribution in [0.15, 0.2) is 28.9 Å². The van der Waals surface area contributed by atoms with Gasteiger partial charge in [0, 0.05) is 31.6 Å². The van der Waals surface area contributed by atoms with Gasteiger partial charge in [-0.05, 0) is 30.9 Å². The first-order chi connectivity index (χ1) is 11.1. The summed E-state index contributed by atoms with van der Waals surface area (Å²) in [5, 5.41) is 4.01. The molecule has 122 valence electrons. The van der Waals surface area contributed by atoms with Crippen LogP contribution in [0.3, 0.4) is 0 Å². The van der Waals surface area contributed by atoms with Crippen molar-refractivity contribution in [2.24, 2.45) is 5.92 Å². The van der Waals surface area contributed by atoms with Crippen molar-refractivity contribution in [3.05, 3.63) is 41.8 Å². The number of hydrogen-bond acceptors (Lipinski definition) is 5. The number of carbonyl (C=O) groups excluding carboxylic acids is 1. The zero-order chi connectivity index (χ0) is 16.2. The molecule has 6 heteroatoms. The Hall–Kier alpha value is -2.24. The van der Waals surface area contributed by atoms with Crippen molar-refractivity contribution in [1.82, 2.24) is 20.0 Å². The molecular formula is C17H22N4O2. The van der Waals surface area contributed by atoms with E-state index in [4.69, 9.17) is 4.52 Å². The molecule has 1 amide bonds. The van der Waals surface area contributed by atoms with Crippen molar-refractivity contribution in [3.63, 3.8) is 0 Å². The maximum Gasteiger partial charge on any atom is 0.272 e. The largest absolute Gasteiger partial charge is 0.339 e. The molecule has 2 aromatic heterocycles. The third kappa shape index (κ3) is 3.75. The summed E-state index contributed by atoms with van der Waals surface area (Å²) in [7, 11) is 0. The molecule has 3 heterocycles. The quantitative estimate of drug-likeness (QED) is 0.867. The molecule has 0 unspecified atom stereocenters. The standard InChI is InChI=1S/C17H22N4O2/c1-12(2)16-19-15(23-20-16)11-13-6-9-21(10-7-13)17(22)14-5-3-4-8-18-14/h3-5,8,12-13H,6-7,9-11H2,1-2H3.